The number of aromatic nitrogens is 4. The zero-order valence-electron chi connectivity index (χ0n) is 18.0. The van der Waals surface area contributed by atoms with E-state index in [0.717, 1.165) is 66.6 Å². The molecule has 30 heavy (non-hydrogen) atoms. The van der Waals surface area contributed by atoms with Crippen molar-refractivity contribution in [2.45, 2.75) is 45.7 Å². The van der Waals surface area contributed by atoms with Crippen LogP contribution in [0.5, 0.6) is 0 Å². The van der Waals surface area contributed by atoms with Gasteiger partial charge in [0.25, 0.3) is 0 Å². The van der Waals surface area contributed by atoms with Crippen LogP contribution in [-0.4, -0.2) is 56.6 Å². The summed E-state index contributed by atoms with van der Waals surface area (Å²) in [5, 5.41) is 9.33. The molecule has 0 atom stereocenters. The van der Waals surface area contributed by atoms with Gasteiger partial charge in [-0.1, -0.05) is 22.9 Å². The summed E-state index contributed by atoms with van der Waals surface area (Å²) in [7, 11) is 0. The highest BCUT2D eigenvalue weighted by molar-refractivity contribution is 6.37. The fourth-order valence-electron chi connectivity index (χ4n) is 4.25. The lowest BCUT2D eigenvalue weighted by Gasteiger charge is -2.42. The first-order chi connectivity index (χ1) is 14.4. The van der Waals surface area contributed by atoms with Crippen molar-refractivity contribution in [2.24, 2.45) is 5.92 Å². The van der Waals surface area contributed by atoms with Crippen molar-refractivity contribution >= 4 is 28.5 Å². The van der Waals surface area contributed by atoms with Crippen LogP contribution < -0.4 is 4.90 Å². The van der Waals surface area contributed by atoms with Crippen molar-refractivity contribution in [3.63, 3.8) is 0 Å². The minimum Gasteiger partial charge on any atom is -0.354 e. The van der Waals surface area contributed by atoms with Crippen LogP contribution in [0, 0.1) is 5.92 Å². The van der Waals surface area contributed by atoms with Crippen LogP contribution in [0.25, 0.3) is 22.2 Å². The fraction of sp³-hybridized carbons (Fsp3) is 0.522. The molecule has 0 bridgehead atoms. The van der Waals surface area contributed by atoms with Gasteiger partial charge in [-0.25, -0.2) is 9.67 Å². The van der Waals surface area contributed by atoms with E-state index < -0.39 is 0 Å². The minimum absolute atomic E-state index is 0.221. The number of hydrogen-bond donors (Lipinski definition) is 0. The number of fused-ring (bicyclic) bond motifs is 1. The van der Waals surface area contributed by atoms with Crippen LogP contribution in [-0.2, 0) is 6.54 Å². The van der Waals surface area contributed by atoms with Crippen LogP contribution in [0.2, 0.25) is 5.02 Å². The van der Waals surface area contributed by atoms with E-state index in [0.29, 0.717) is 5.02 Å². The summed E-state index contributed by atoms with van der Waals surface area (Å²) in [5.74, 6) is 1.77. The maximum absolute atomic E-state index is 6.73. The van der Waals surface area contributed by atoms with E-state index in [1.807, 2.05) is 10.9 Å². The van der Waals surface area contributed by atoms with Crippen LogP contribution in [0.1, 0.15) is 33.6 Å². The molecule has 5 rings (SSSR count). The molecule has 6 nitrogen and oxygen atoms in total. The molecule has 0 amide bonds. The highest BCUT2D eigenvalue weighted by Gasteiger charge is 2.26. The van der Waals surface area contributed by atoms with Gasteiger partial charge in [0.05, 0.1) is 10.5 Å². The van der Waals surface area contributed by atoms with Crippen molar-refractivity contribution in [1.82, 2.24) is 24.9 Å². The first-order valence-corrected chi connectivity index (χ1v) is 11.3. The molecule has 0 unspecified atom stereocenters. The van der Waals surface area contributed by atoms with Gasteiger partial charge < -0.3 is 4.90 Å². The van der Waals surface area contributed by atoms with Gasteiger partial charge in [0, 0.05) is 55.6 Å². The molecule has 158 valence electrons. The Hall–Kier alpha value is -2.18. The summed E-state index contributed by atoms with van der Waals surface area (Å²) < 4.78 is 1.99. The maximum Gasteiger partial charge on any atom is 0.132 e. The summed E-state index contributed by atoms with van der Waals surface area (Å²) in [4.78, 5) is 9.64. The van der Waals surface area contributed by atoms with Gasteiger partial charge in [0.1, 0.15) is 11.3 Å². The molecular formula is C23H29ClN6. The lowest BCUT2D eigenvalue weighted by Crippen LogP contribution is -2.53. The Bertz CT molecular complexity index is 1040. The number of rotatable bonds is 4. The molecule has 3 aromatic rings. The Kier molecular flexibility index (Phi) is 4.94. The summed E-state index contributed by atoms with van der Waals surface area (Å²) in [6.45, 7) is 11.9. The van der Waals surface area contributed by atoms with Crippen molar-refractivity contribution in [3.05, 3.63) is 35.5 Å². The summed E-state index contributed by atoms with van der Waals surface area (Å²) >= 11 is 6.73. The number of nitrogens with zero attached hydrogens (tertiary/aromatic N) is 6. The zero-order valence-corrected chi connectivity index (χ0v) is 18.7. The van der Waals surface area contributed by atoms with Crippen LogP contribution in [0.15, 0.2) is 30.5 Å². The number of piperazine rings is 1. The first-order valence-electron chi connectivity index (χ1n) is 10.9. The lowest BCUT2D eigenvalue weighted by atomic mass is 10.0. The van der Waals surface area contributed by atoms with Gasteiger partial charge in [-0.2, -0.15) is 0 Å². The topological polar surface area (TPSA) is 50.1 Å². The molecule has 0 spiro atoms. The van der Waals surface area contributed by atoms with Crippen LogP contribution >= 0.6 is 11.6 Å². The van der Waals surface area contributed by atoms with Crippen molar-refractivity contribution in [3.8, 4) is 11.1 Å². The smallest absolute Gasteiger partial charge is 0.132 e. The molecule has 0 radical (unpaired) electrons. The van der Waals surface area contributed by atoms with E-state index in [1.54, 1.807) is 0 Å². The quantitative estimate of drug-likeness (QED) is 0.618. The average molecular weight is 425 g/mol. The predicted molar refractivity (Wildman–Crippen MR) is 122 cm³/mol. The Labute approximate surface area is 182 Å². The summed E-state index contributed by atoms with van der Waals surface area (Å²) in [6.07, 6.45) is 4.50. The number of anilines is 1. The third-order valence-corrected chi connectivity index (χ3v) is 6.75. The molecule has 1 aromatic carbocycles. The molecule has 2 aromatic heterocycles. The van der Waals surface area contributed by atoms with Crippen LogP contribution in [0.4, 0.5) is 5.82 Å². The normalized spacial score (nSPS) is 18.3. The first kappa shape index (κ1) is 19.8. The van der Waals surface area contributed by atoms with E-state index in [1.165, 1.54) is 12.8 Å². The van der Waals surface area contributed by atoms with Gasteiger partial charge in [0.15, 0.2) is 0 Å². The molecule has 2 aliphatic rings. The molecule has 1 saturated carbocycles. The number of benzene rings is 1. The van der Waals surface area contributed by atoms with E-state index in [4.69, 9.17) is 16.6 Å². The van der Waals surface area contributed by atoms with E-state index in [2.05, 4.69) is 65.1 Å². The zero-order chi connectivity index (χ0) is 20.9. The Morgan fingerprint density at radius 1 is 1.03 bits per heavy atom. The van der Waals surface area contributed by atoms with Gasteiger partial charge in [-0.15, -0.1) is 5.10 Å². The second-order valence-electron chi connectivity index (χ2n) is 9.56. The van der Waals surface area contributed by atoms with Crippen molar-refractivity contribution in [1.29, 1.82) is 0 Å². The van der Waals surface area contributed by atoms with Crippen molar-refractivity contribution in [2.75, 3.05) is 31.1 Å². The second-order valence-corrected chi connectivity index (χ2v) is 9.94. The number of pyridine rings is 1. The lowest BCUT2D eigenvalue weighted by molar-refractivity contribution is 0.128. The molecule has 0 N–H and O–H groups in total. The fourth-order valence-corrected chi connectivity index (χ4v) is 4.55. The number of hydrogen-bond acceptors (Lipinski definition) is 5. The summed E-state index contributed by atoms with van der Waals surface area (Å²) in [5.41, 5.74) is 3.98. The second kappa shape index (κ2) is 7.50. The molecule has 7 heteroatoms. The van der Waals surface area contributed by atoms with Crippen LogP contribution in [0.3, 0.4) is 0 Å². The molecule has 1 aliphatic heterocycles. The molecular weight excluding hydrogens is 396 g/mol. The molecule has 2 fully saturated rings. The van der Waals surface area contributed by atoms with Gasteiger partial charge in [0.2, 0.25) is 0 Å². The van der Waals surface area contributed by atoms with E-state index in [-0.39, 0.29) is 5.54 Å². The van der Waals surface area contributed by atoms with E-state index >= 15 is 0 Å². The molecule has 3 heterocycles. The van der Waals surface area contributed by atoms with Gasteiger partial charge in [-0.3, -0.25) is 4.90 Å². The largest absolute Gasteiger partial charge is 0.354 e. The number of halogens is 1. The average Bonchev–Trinajstić information content (AvgIpc) is 3.46. The summed E-state index contributed by atoms with van der Waals surface area (Å²) in [6, 6.07) is 8.36. The Morgan fingerprint density at radius 2 is 1.80 bits per heavy atom. The molecule has 1 aliphatic carbocycles. The third-order valence-electron chi connectivity index (χ3n) is 6.36. The third kappa shape index (κ3) is 3.79. The van der Waals surface area contributed by atoms with E-state index in [9.17, 15) is 0 Å². The SMILES string of the molecule is CC(C)(C)N1CCN(c2ccc(-c3ccc4c(nnn4CC4CC4)c3Cl)cn2)CC1. The Balaban J connectivity index is 1.34. The highest BCUT2D eigenvalue weighted by Crippen LogP contribution is 2.35. The van der Waals surface area contributed by atoms with Crippen molar-refractivity contribution < 1.29 is 0 Å². The predicted octanol–water partition coefficient (Wildman–Crippen LogP) is 4.48. The Morgan fingerprint density at radius 3 is 2.43 bits per heavy atom. The highest BCUT2D eigenvalue weighted by atomic mass is 35.5. The standard InChI is InChI=1S/C23H29ClN6/c1-23(2,3)29-12-10-28(11-13-29)20-9-6-17(14-25-20)18-7-8-19-22(21(18)24)26-27-30(19)15-16-4-5-16/h6-9,14,16H,4-5,10-13,15H2,1-3H3. The minimum atomic E-state index is 0.221. The van der Waals surface area contributed by atoms with Gasteiger partial charge >= 0.3 is 0 Å². The molecule has 1 saturated heterocycles. The maximum atomic E-state index is 6.73. The van der Waals surface area contributed by atoms with Gasteiger partial charge in [-0.05, 0) is 57.7 Å². The monoisotopic (exact) mass is 424 g/mol.